The lowest BCUT2D eigenvalue weighted by atomic mass is 9.92. The van der Waals surface area contributed by atoms with Crippen LogP contribution in [0.5, 0.6) is 11.5 Å². The number of rotatable bonds is 11. The van der Waals surface area contributed by atoms with Gasteiger partial charge >= 0.3 is 5.97 Å². The van der Waals surface area contributed by atoms with Crippen molar-refractivity contribution in [2.45, 2.75) is 74.7 Å². The molecule has 2 aromatic heterocycles. The zero-order chi connectivity index (χ0) is 38.7. The highest BCUT2D eigenvalue weighted by Crippen LogP contribution is 2.47. The Balaban J connectivity index is 1.08. The Kier molecular flexibility index (Phi) is 9.64. The van der Waals surface area contributed by atoms with Gasteiger partial charge in [-0.15, -0.1) is 16.9 Å². The van der Waals surface area contributed by atoms with Gasteiger partial charge in [0.25, 0.3) is 17.7 Å². The molecule has 4 aliphatic heterocycles. The van der Waals surface area contributed by atoms with E-state index < -0.39 is 57.9 Å². The summed E-state index contributed by atoms with van der Waals surface area (Å²) in [7, 11) is 2.18. The minimum Gasteiger partial charge on any atom is -0.504 e. The van der Waals surface area contributed by atoms with Crippen LogP contribution in [0.25, 0.3) is 5.70 Å². The van der Waals surface area contributed by atoms with Crippen LogP contribution in [0.1, 0.15) is 61.5 Å². The van der Waals surface area contributed by atoms with E-state index in [1.807, 2.05) is 0 Å². The number of hydrogen-bond acceptors (Lipinski definition) is 16. The van der Waals surface area contributed by atoms with Crippen molar-refractivity contribution in [2.24, 2.45) is 5.16 Å². The summed E-state index contributed by atoms with van der Waals surface area (Å²) >= 11 is 8.42. The number of carbonyl (C=O) groups excluding carboxylic acids is 3. The number of likely N-dealkylation sites (N-methyl/N-ethyl adjacent to an activating group) is 1. The van der Waals surface area contributed by atoms with Crippen LogP contribution in [0, 0.1) is 0 Å². The lowest BCUT2D eigenvalue weighted by Gasteiger charge is -2.52. The fourth-order valence-electron chi connectivity index (χ4n) is 7.54. The molecule has 20 nitrogen and oxygen atoms in total. The topological polar surface area (TPSA) is 284 Å². The van der Waals surface area contributed by atoms with E-state index in [1.165, 1.54) is 37.7 Å². The van der Waals surface area contributed by atoms with Crippen molar-refractivity contribution in [3.63, 3.8) is 0 Å². The number of nitrogens with two attached hydrogens (primary N) is 1. The molecule has 4 aliphatic rings. The molecule has 286 valence electrons. The first-order valence-electron chi connectivity index (χ1n) is 16.8. The number of quaternary nitrogens is 1. The maximum atomic E-state index is 13.9. The SMILES string of the molecule is CC(C)(O/N=C(\C(=O)N[C@@H]1C(=O)N2C(c3nnn[nH]3)=C(C[N+]3(C)[C@@H]4CC[C@H]3C[C@@H](NC(=O)c3ccc(O)c(O)c3Cl)C4)CS[C@H]12)c1nsc(N)n1)C(=O)O. The number of aliphatic carboxylic acids is 1. The zero-order valence-electron chi connectivity index (χ0n) is 29.0. The molecule has 3 amide bonds. The van der Waals surface area contributed by atoms with E-state index in [-0.39, 0.29) is 39.7 Å². The van der Waals surface area contributed by atoms with Gasteiger partial charge in [0.05, 0.1) is 35.4 Å². The van der Waals surface area contributed by atoms with E-state index in [0.29, 0.717) is 41.1 Å². The van der Waals surface area contributed by atoms with Gasteiger partial charge < -0.3 is 41.0 Å². The van der Waals surface area contributed by atoms with Crippen LogP contribution in [0.15, 0.2) is 22.9 Å². The van der Waals surface area contributed by atoms with Crippen LogP contribution in [0.4, 0.5) is 5.13 Å². The van der Waals surface area contributed by atoms with E-state index >= 15 is 0 Å². The number of benzene rings is 1. The molecule has 8 N–H and O–H groups in total. The van der Waals surface area contributed by atoms with Crippen LogP contribution in [-0.4, -0.2) is 139 Å². The van der Waals surface area contributed by atoms with E-state index in [0.717, 1.165) is 29.9 Å². The first kappa shape index (κ1) is 37.3. The Morgan fingerprint density at radius 2 is 1.93 bits per heavy atom. The number of piperidine rings is 1. The number of aromatic nitrogens is 6. The van der Waals surface area contributed by atoms with Gasteiger partial charge in [-0.1, -0.05) is 16.8 Å². The van der Waals surface area contributed by atoms with Crippen molar-refractivity contribution in [1.29, 1.82) is 0 Å². The van der Waals surface area contributed by atoms with Crippen LogP contribution in [0.3, 0.4) is 0 Å². The van der Waals surface area contributed by atoms with Crippen LogP contribution >= 0.6 is 34.9 Å². The van der Waals surface area contributed by atoms with Crippen molar-refractivity contribution in [2.75, 3.05) is 25.1 Å². The number of anilines is 1. The molecule has 6 atom stereocenters. The van der Waals surface area contributed by atoms with E-state index in [4.69, 9.17) is 22.2 Å². The predicted molar refractivity (Wildman–Crippen MR) is 193 cm³/mol. The van der Waals surface area contributed by atoms with Gasteiger partial charge in [0.15, 0.2) is 22.5 Å². The molecule has 7 rings (SSSR count). The molecule has 0 spiro atoms. The summed E-state index contributed by atoms with van der Waals surface area (Å²) in [4.78, 5) is 62.9. The molecule has 0 radical (unpaired) electrons. The molecular weight excluding hydrogens is 768 g/mol. The fourth-order valence-corrected chi connectivity index (χ4v) is 9.55. The number of carbonyl (C=O) groups is 4. The molecule has 3 fully saturated rings. The average molecular weight is 804 g/mol. The molecule has 1 aromatic carbocycles. The van der Waals surface area contributed by atoms with Gasteiger partial charge in [-0.25, -0.2) is 9.89 Å². The lowest BCUT2D eigenvalue weighted by molar-refractivity contribution is -0.944. The smallest absolute Gasteiger partial charge is 0.350 e. The Morgan fingerprint density at radius 1 is 1.20 bits per heavy atom. The van der Waals surface area contributed by atoms with Crippen LogP contribution in [-0.2, 0) is 19.2 Å². The van der Waals surface area contributed by atoms with Gasteiger partial charge in [0.2, 0.25) is 17.1 Å². The number of β-lactam (4-membered cyclic amide) rings is 1. The Morgan fingerprint density at radius 3 is 2.56 bits per heavy atom. The van der Waals surface area contributed by atoms with Crippen molar-refractivity contribution in [1.82, 2.24) is 45.5 Å². The third-order valence-corrected chi connectivity index (χ3v) is 12.7. The Hall–Kier alpha value is -5.06. The maximum Gasteiger partial charge on any atom is 0.350 e. The number of tetrazole rings is 1. The molecule has 6 heterocycles. The number of oxime groups is 1. The number of aromatic amines is 1. The third-order valence-electron chi connectivity index (χ3n) is 10.5. The number of nitrogens with zero attached hydrogens (tertiary/aromatic N) is 8. The van der Waals surface area contributed by atoms with Gasteiger partial charge in [-0.3, -0.25) is 19.3 Å². The standard InChI is InChI=1S/C31H35ClN12O8S2/c1-31(2,29(50)51)52-39-19(23-36-30(33)54-40-23)26(48)35-20-27(49)43-21(24-37-41-42-38-24)12(11-53-28(20)43)10-44(3)14-4-5-15(44)9-13(8-14)34-25(47)16-6-7-17(45)22(46)18(16)32/h6-7,13-15,20,28H,4-5,8-11H2,1-3H3,(H7-,33,34,35,36,37,38,39,40,41,42,45,46,47,48,50,51)/p+1/t13-,14+,15-,20-,28-,44?/m1/s1. The average Bonchev–Trinajstić information content (AvgIpc) is 3.84. The monoisotopic (exact) mass is 803 g/mol. The maximum absolute atomic E-state index is 13.9. The molecule has 0 saturated carbocycles. The normalized spacial score (nSPS) is 26.6. The van der Waals surface area contributed by atoms with Gasteiger partial charge in [-0.05, 0) is 36.4 Å². The van der Waals surface area contributed by atoms with E-state index in [9.17, 15) is 34.5 Å². The van der Waals surface area contributed by atoms with Gasteiger partial charge in [-0.2, -0.15) is 9.36 Å². The highest BCUT2D eigenvalue weighted by atomic mass is 35.5. The fraction of sp³-hybridized carbons (Fsp3) is 0.484. The number of fused-ring (bicyclic) bond motifs is 3. The van der Waals surface area contributed by atoms with Crippen LogP contribution < -0.4 is 16.4 Å². The number of halogens is 1. The van der Waals surface area contributed by atoms with Crippen molar-refractivity contribution >= 4 is 75.1 Å². The highest BCUT2D eigenvalue weighted by Gasteiger charge is 2.57. The number of H-pyrrole nitrogens is 1. The number of carboxylic acid groups (broad SMARTS) is 1. The predicted octanol–water partition coefficient (Wildman–Crippen LogP) is 0.663. The molecule has 23 heteroatoms. The lowest BCUT2D eigenvalue weighted by Crippen LogP contribution is -2.70. The van der Waals surface area contributed by atoms with E-state index in [2.05, 4.69) is 52.8 Å². The molecule has 0 aliphatic carbocycles. The highest BCUT2D eigenvalue weighted by molar-refractivity contribution is 8.00. The number of aromatic hydroxyl groups is 2. The number of carboxylic acids is 1. The molecule has 1 unspecified atom stereocenters. The minimum absolute atomic E-state index is 0.0404. The second-order valence-corrected chi connectivity index (χ2v) is 16.5. The minimum atomic E-state index is -1.79. The molecule has 3 saturated heterocycles. The first-order chi connectivity index (χ1) is 25.6. The Bertz CT molecular complexity index is 2080. The molecule has 3 aromatic rings. The molecular formula is C31H36ClN12O8S2+. The number of amides is 3. The van der Waals surface area contributed by atoms with E-state index in [1.54, 1.807) is 4.90 Å². The number of nitrogens with one attached hydrogen (secondary N) is 3. The summed E-state index contributed by atoms with van der Waals surface area (Å²) in [5, 5.41) is 52.5. The number of hydrogen-bond donors (Lipinski definition) is 7. The quantitative estimate of drug-likeness (QED) is 0.0461. The van der Waals surface area contributed by atoms with Gasteiger partial charge in [0.1, 0.15) is 18.0 Å². The zero-order valence-corrected chi connectivity index (χ0v) is 31.4. The second kappa shape index (κ2) is 14.0. The number of phenolic OH excluding ortho intramolecular Hbond substituents is 2. The second-order valence-electron chi connectivity index (χ2n) is 14.2. The first-order valence-corrected chi connectivity index (χ1v) is 19.0. The van der Waals surface area contributed by atoms with Gasteiger partial charge in [0, 0.05) is 54.6 Å². The summed E-state index contributed by atoms with van der Waals surface area (Å²) in [5.74, 6) is -3.40. The number of thioether (sulfide) groups is 1. The number of phenols is 2. The van der Waals surface area contributed by atoms with Crippen molar-refractivity contribution in [3.8, 4) is 11.5 Å². The Labute approximate surface area is 319 Å². The molecule has 2 bridgehead atoms. The number of nitrogen functional groups attached to an aromatic ring is 1. The summed E-state index contributed by atoms with van der Waals surface area (Å²) in [6, 6.07) is 1.82. The van der Waals surface area contributed by atoms with Crippen LogP contribution in [0.2, 0.25) is 5.02 Å². The molecule has 54 heavy (non-hydrogen) atoms. The summed E-state index contributed by atoms with van der Waals surface area (Å²) < 4.78 is 4.70. The van der Waals surface area contributed by atoms with Crippen molar-refractivity contribution in [3.05, 3.63) is 39.9 Å². The summed E-state index contributed by atoms with van der Waals surface area (Å²) in [6.07, 6.45) is 3.25. The third kappa shape index (κ3) is 6.55. The largest absolute Gasteiger partial charge is 0.504 e. The summed E-state index contributed by atoms with van der Waals surface area (Å²) in [6.45, 7) is 3.09. The van der Waals surface area contributed by atoms with Crippen molar-refractivity contribution < 1.29 is 43.8 Å². The summed E-state index contributed by atoms with van der Waals surface area (Å²) in [5.41, 5.74) is 5.04.